The Balaban J connectivity index is 1.56. The summed E-state index contributed by atoms with van der Waals surface area (Å²) in [7, 11) is 0. The van der Waals surface area contributed by atoms with Gasteiger partial charge in [0.1, 0.15) is 11.6 Å². The van der Waals surface area contributed by atoms with Crippen LogP contribution < -0.4 is 11.3 Å². The van der Waals surface area contributed by atoms with Crippen molar-refractivity contribution in [1.82, 2.24) is 19.7 Å². The highest BCUT2D eigenvalue weighted by Gasteiger charge is 2.19. The second-order valence-corrected chi connectivity index (χ2v) is 10.2. The molecule has 0 saturated carbocycles. The summed E-state index contributed by atoms with van der Waals surface area (Å²) in [4.78, 5) is 32.5. The lowest BCUT2D eigenvalue weighted by atomic mass is 9.95. The van der Waals surface area contributed by atoms with Crippen LogP contribution in [-0.4, -0.2) is 19.7 Å². The smallest absolute Gasteiger partial charge is 0.296 e. The number of aromatic nitrogens is 4. The first-order valence-corrected chi connectivity index (χ1v) is 13.2. The number of nitrogens with zero attached hydrogens (tertiary/aromatic N) is 3. The van der Waals surface area contributed by atoms with Crippen molar-refractivity contribution in [3.05, 3.63) is 120 Å². The molecule has 0 aliphatic rings. The summed E-state index contributed by atoms with van der Waals surface area (Å²) in [5.41, 5.74) is 4.03. The van der Waals surface area contributed by atoms with Crippen molar-refractivity contribution >= 4 is 22.6 Å². The predicted octanol–water partition coefficient (Wildman–Crippen LogP) is 5.84. The Bertz CT molecular complexity index is 1740. The summed E-state index contributed by atoms with van der Waals surface area (Å²) < 4.78 is 22.8. The third-order valence-electron chi connectivity index (χ3n) is 6.36. The third-order valence-corrected chi connectivity index (χ3v) is 7.07. The highest BCUT2D eigenvalue weighted by molar-refractivity contribution is 14.1. The minimum Gasteiger partial charge on any atom is -0.296 e. The molecule has 0 fully saturated rings. The Morgan fingerprint density at radius 1 is 1.03 bits per heavy atom. The Morgan fingerprint density at radius 3 is 2.42 bits per heavy atom. The number of halogens is 2. The van der Waals surface area contributed by atoms with Crippen molar-refractivity contribution < 1.29 is 8.91 Å². The average molecular weight is 622 g/mol. The summed E-state index contributed by atoms with van der Waals surface area (Å²) in [6, 6.07) is 19.8. The molecule has 0 spiro atoms. The van der Waals surface area contributed by atoms with Crippen LogP contribution in [0, 0.1) is 16.3 Å². The van der Waals surface area contributed by atoms with Crippen LogP contribution in [0.15, 0.2) is 80.8 Å². The van der Waals surface area contributed by atoms with Crippen LogP contribution in [0.5, 0.6) is 0 Å². The molecule has 0 saturated heterocycles. The lowest BCUT2D eigenvalue weighted by Gasteiger charge is -2.16. The van der Waals surface area contributed by atoms with E-state index in [2.05, 4.69) is 37.3 Å². The summed E-state index contributed by atoms with van der Waals surface area (Å²) in [6.45, 7) is 3.84. The van der Waals surface area contributed by atoms with Gasteiger partial charge >= 0.3 is 5.76 Å². The third kappa shape index (κ3) is 5.10. The van der Waals surface area contributed by atoms with Crippen LogP contribution in [0.4, 0.5) is 4.39 Å². The van der Waals surface area contributed by atoms with E-state index in [4.69, 9.17) is 4.98 Å². The van der Waals surface area contributed by atoms with E-state index < -0.39 is 11.6 Å². The zero-order valence-electron chi connectivity index (χ0n) is 20.8. The van der Waals surface area contributed by atoms with E-state index in [1.54, 1.807) is 28.8 Å². The number of aryl methyl sites for hydroxylation is 2. The van der Waals surface area contributed by atoms with Crippen molar-refractivity contribution in [3.8, 4) is 28.2 Å². The Kier molecular flexibility index (Phi) is 7.37. The van der Waals surface area contributed by atoms with Crippen LogP contribution in [0.3, 0.4) is 0 Å². The normalized spacial score (nSPS) is 11.2. The topological polar surface area (TPSA) is 93.8 Å². The van der Waals surface area contributed by atoms with Crippen LogP contribution >= 0.6 is 22.6 Å². The molecule has 0 unspecified atom stereocenters. The number of rotatable bonds is 7. The minimum atomic E-state index is -0.665. The van der Waals surface area contributed by atoms with E-state index in [9.17, 15) is 9.59 Å². The molecule has 5 rings (SSSR count). The molecule has 5 aromatic rings. The number of hydrogen-bond acceptors (Lipinski definition) is 5. The summed E-state index contributed by atoms with van der Waals surface area (Å²) in [5, 5.41) is 3.77. The van der Waals surface area contributed by atoms with Gasteiger partial charge in [-0.2, -0.15) is 0 Å². The van der Waals surface area contributed by atoms with E-state index in [0.29, 0.717) is 45.8 Å². The zero-order valence-corrected chi connectivity index (χ0v) is 23.0. The fourth-order valence-corrected chi connectivity index (χ4v) is 4.93. The van der Waals surface area contributed by atoms with Crippen LogP contribution in [-0.2, 0) is 12.8 Å². The number of aromatic amines is 1. The highest BCUT2D eigenvalue weighted by Crippen LogP contribution is 2.31. The molecule has 0 atom stereocenters. The Labute approximate surface area is 231 Å². The molecule has 0 radical (unpaired) electrons. The predicted molar refractivity (Wildman–Crippen MR) is 152 cm³/mol. The van der Waals surface area contributed by atoms with Gasteiger partial charge in [-0.3, -0.25) is 18.9 Å². The number of hydrogen-bond donors (Lipinski definition) is 1. The van der Waals surface area contributed by atoms with Gasteiger partial charge in [-0.1, -0.05) is 54.9 Å². The lowest BCUT2D eigenvalue weighted by Crippen LogP contribution is -2.28. The Hall–Kier alpha value is -3.86. The molecule has 2 aromatic heterocycles. The first-order valence-electron chi connectivity index (χ1n) is 12.2. The fraction of sp³-hybridized carbons (Fsp3) is 0.172. The molecule has 7 nitrogen and oxygen atoms in total. The second-order valence-electron chi connectivity index (χ2n) is 8.92. The average Bonchev–Trinajstić information content (AvgIpc) is 3.34. The van der Waals surface area contributed by atoms with E-state index in [-0.39, 0.29) is 17.8 Å². The minimum absolute atomic E-state index is 0.121. The van der Waals surface area contributed by atoms with Gasteiger partial charge in [-0.05, 0) is 83.0 Å². The van der Waals surface area contributed by atoms with Gasteiger partial charge in [0.25, 0.3) is 5.56 Å². The van der Waals surface area contributed by atoms with Crippen LogP contribution in [0.2, 0.25) is 0 Å². The highest BCUT2D eigenvalue weighted by atomic mass is 127. The van der Waals surface area contributed by atoms with E-state index in [0.717, 1.165) is 15.7 Å². The van der Waals surface area contributed by atoms with Crippen molar-refractivity contribution in [2.75, 3.05) is 0 Å². The summed E-state index contributed by atoms with van der Waals surface area (Å²) in [6.07, 6.45) is 1.56. The van der Waals surface area contributed by atoms with E-state index >= 15 is 4.39 Å². The molecule has 2 heterocycles. The van der Waals surface area contributed by atoms with Gasteiger partial charge in [0, 0.05) is 21.1 Å². The monoisotopic (exact) mass is 622 g/mol. The standard InChI is InChI=1S/C29H24FIN4O3/c1-3-6-26-24(28(36)35(17(2)32-26)21-13-11-20(31)12-14-21)15-19-10-9-18(16-25(19)30)22-7-4-5-8-23(22)27-33-29(37)38-34-27/h4-5,7-14,16H,3,6,15H2,1-2H3,(H,33,34,37). The molecule has 0 amide bonds. The second kappa shape index (κ2) is 10.9. The molecule has 192 valence electrons. The van der Waals surface area contributed by atoms with Crippen molar-refractivity contribution in [1.29, 1.82) is 0 Å². The zero-order chi connectivity index (χ0) is 26.8. The van der Waals surface area contributed by atoms with Crippen LogP contribution in [0.25, 0.3) is 28.2 Å². The Morgan fingerprint density at radius 2 is 1.76 bits per heavy atom. The first-order chi connectivity index (χ1) is 18.4. The quantitative estimate of drug-likeness (QED) is 0.231. The van der Waals surface area contributed by atoms with Gasteiger partial charge in [0.05, 0.1) is 11.4 Å². The maximum absolute atomic E-state index is 15.5. The molecular formula is C29H24FIN4O3. The van der Waals surface area contributed by atoms with Crippen molar-refractivity contribution in [2.45, 2.75) is 33.1 Å². The maximum Gasteiger partial charge on any atom is 0.439 e. The van der Waals surface area contributed by atoms with Gasteiger partial charge in [0.2, 0.25) is 0 Å². The van der Waals surface area contributed by atoms with Gasteiger partial charge in [0.15, 0.2) is 5.82 Å². The SMILES string of the molecule is CCCc1nc(C)n(-c2ccc(I)cc2)c(=O)c1Cc1ccc(-c2ccccc2-c2noc(=O)[nH]2)cc1F. The first kappa shape index (κ1) is 25.8. The molecule has 0 bridgehead atoms. The van der Waals surface area contributed by atoms with Crippen molar-refractivity contribution in [3.63, 3.8) is 0 Å². The fourth-order valence-electron chi connectivity index (χ4n) is 4.57. The molecular weight excluding hydrogens is 598 g/mol. The van der Waals surface area contributed by atoms with Crippen molar-refractivity contribution in [2.24, 2.45) is 0 Å². The van der Waals surface area contributed by atoms with E-state index in [1.807, 2.05) is 50.2 Å². The number of H-pyrrole nitrogens is 1. The molecule has 1 N–H and O–H groups in total. The summed E-state index contributed by atoms with van der Waals surface area (Å²) >= 11 is 2.22. The van der Waals surface area contributed by atoms with Gasteiger partial charge < -0.3 is 0 Å². The lowest BCUT2D eigenvalue weighted by molar-refractivity contribution is 0.388. The number of nitrogens with one attached hydrogen (secondary N) is 1. The van der Waals surface area contributed by atoms with Gasteiger partial charge in [-0.15, -0.1) is 0 Å². The molecule has 0 aliphatic carbocycles. The van der Waals surface area contributed by atoms with Crippen LogP contribution in [0.1, 0.15) is 36.0 Å². The van der Waals surface area contributed by atoms with E-state index in [1.165, 1.54) is 6.07 Å². The molecule has 9 heteroatoms. The maximum atomic E-state index is 15.5. The number of benzene rings is 3. The summed E-state index contributed by atoms with van der Waals surface area (Å²) in [5.74, 6) is -0.237. The molecule has 3 aromatic carbocycles. The van der Waals surface area contributed by atoms with Gasteiger partial charge in [-0.25, -0.2) is 14.2 Å². The largest absolute Gasteiger partial charge is 0.439 e. The molecule has 0 aliphatic heterocycles. The molecule has 38 heavy (non-hydrogen) atoms.